The quantitative estimate of drug-likeness (QED) is 0.421. The third-order valence-electron chi connectivity index (χ3n) is 6.85. The summed E-state index contributed by atoms with van der Waals surface area (Å²) in [4.78, 5) is 37.8. The predicted molar refractivity (Wildman–Crippen MR) is 103 cm³/mol. The Morgan fingerprint density at radius 2 is 1.71 bits per heavy atom. The van der Waals surface area contributed by atoms with Crippen molar-refractivity contribution in [1.82, 2.24) is 0 Å². The standard InChI is InChI=1S/C21H26N2O5/c1-22(2)17-4-3-16(8-18(17)23(26)27)20(25)28-12-19(24)21-9-13-5-14(10-21)7-15(6-13)11-21/h3-4,8,13-15H,5-7,9-12H2,1-2H3. The van der Waals surface area contributed by atoms with Gasteiger partial charge in [0, 0.05) is 25.6 Å². The largest absolute Gasteiger partial charge is 0.454 e. The molecule has 5 rings (SSSR count). The minimum absolute atomic E-state index is 0.0272. The number of carbonyl (C=O) groups is 2. The summed E-state index contributed by atoms with van der Waals surface area (Å²) >= 11 is 0. The minimum Gasteiger partial charge on any atom is -0.454 e. The monoisotopic (exact) mass is 386 g/mol. The normalized spacial score (nSPS) is 30.1. The van der Waals surface area contributed by atoms with Crippen LogP contribution in [-0.2, 0) is 9.53 Å². The number of Topliss-reactive ketones (excluding diaryl/α,β-unsaturated/α-hetero) is 1. The Morgan fingerprint density at radius 3 is 2.21 bits per heavy atom. The van der Waals surface area contributed by atoms with Crippen LogP contribution in [0.25, 0.3) is 0 Å². The van der Waals surface area contributed by atoms with Crippen LogP contribution in [0.3, 0.4) is 0 Å². The van der Waals surface area contributed by atoms with Crippen LogP contribution in [0.15, 0.2) is 18.2 Å². The average molecular weight is 386 g/mol. The van der Waals surface area contributed by atoms with Gasteiger partial charge >= 0.3 is 5.97 Å². The van der Waals surface area contributed by atoms with Gasteiger partial charge in [-0.2, -0.15) is 0 Å². The van der Waals surface area contributed by atoms with Crippen LogP contribution in [0.5, 0.6) is 0 Å². The number of nitrogens with zero attached hydrogens (tertiary/aromatic N) is 2. The van der Waals surface area contributed by atoms with Crippen molar-refractivity contribution >= 4 is 23.1 Å². The van der Waals surface area contributed by atoms with Crippen molar-refractivity contribution in [3.63, 3.8) is 0 Å². The molecule has 0 unspecified atom stereocenters. The third-order valence-corrected chi connectivity index (χ3v) is 6.85. The van der Waals surface area contributed by atoms with Crippen molar-refractivity contribution in [3.05, 3.63) is 33.9 Å². The number of hydrogen-bond donors (Lipinski definition) is 0. The Kier molecular flexibility index (Phi) is 4.63. The summed E-state index contributed by atoms with van der Waals surface area (Å²) in [6.45, 7) is -0.242. The maximum atomic E-state index is 13.0. The van der Waals surface area contributed by atoms with E-state index in [9.17, 15) is 19.7 Å². The molecule has 0 saturated heterocycles. The summed E-state index contributed by atoms with van der Waals surface area (Å²) in [7, 11) is 3.40. The molecule has 4 aliphatic rings. The van der Waals surface area contributed by atoms with Gasteiger partial charge in [0.05, 0.1) is 10.5 Å². The van der Waals surface area contributed by atoms with E-state index in [2.05, 4.69) is 0 Å². The second-order valence-electron chi connectivity index (χ2n) is 9.05. The van der Waals surface area contributed by atoms with Crippen molar-refractivity contribution in [3.8, 4) is 0 Å². The summed E-state index contributed by atoms with van der Waals surface area (Å²) in [6.07, 6.45) is 6.52. The maximum absolute atomic E-state index is 13.0. The second-order valence-corrected chi connectivity index (χ2v) is 9.05. The number of rotatable bonds is 6. The lowest BCUT2D eigenvalue weighted by Crippen LogP contribution is -2.51. The van der Waals surface area contributed by atoms with Crippen LogP contribution in [0.1, 0.15) is 48.9 Å². The molecule has 4 aliphatic carbocycles. The van der Waals surface area contributed by atoms with E-state index < -0.39 is 10.9 Å². The van der Waals surface area contributed by atoms with Gasteiger partial charge < -0.3 is 9.64 Å². The maximum Gasteiger partial charge on any atom is 0.338 e. The molecule has 0 amide bonds. The fourth-order valence-electron chi connectivity index (χ4n) is 5.99. The predicted octanol–water partition coefficient (Wildman–Crippen LogP) is 3.60. The molecule has 0 spiro atoms. The van der Waals surface area contributed by atoms with E-state index in [0.29, 0.717) is 23.4 Å². The van der Waals surface area contributed by atoms with E-state index in [0.717, 1.165) is 19.3 Å². The number of anilines is 1. The molecule has 7 nitrogen and oxygen atoms in total. The SMILES string of the molecule is CN(C)c1ccc(C(=O)OCC(=O)C23CC4CC(CC(C4)C2)C3)cc1[N+](=O)[O-]. The molecular weight excluding hydrogens is 360 g/mol. The number of hydrogen-bond acceptors (Lipinski definition) is 6. The molecule has 4 saturated carbocycles. The van der Waals surface area contributed by atoms with Crippen LogP contribution in [0.4, 0.5) is 11.4 Å². The van der Waals surface area contributed by atoms with Gasteiger partial charge in [-0.15, -0.1) is 0 Å². The van der Waals surface area contributed by atoms with E-state index in [1.54, 1.807) is 19.0 Å². The molecule has 0 N–H and O–H groups in total. The Labute approximate surface area is 164 Å². The van der Waals surface area contributed by atoms with Crippen molar-refractivity contribution in [2.24, 2.45) is 23.2 Å². The van der Waals surface area contributed by atoms with Gasteiger partial charge in [0.1, 0.15) is 5.69 Å². The fourth-order valence-corrected chi connectivity index (χ4v) is 5.99. The molecule has 1 aromatic carbocycles. The van der Waals surface area contributed by atoms with Gasteiger partial charge in [0.15, 0.2) is 12.4 Å². The number of ketones is 1. The highest BCUT2D eigenvalue weighted by Gasteiger charge is 2.54. The zero-order chi connectivity index (χ0) is 20.1. The molecule has 0 radical (unpaired) electrons. The van der Waals surface area contributed by atoms with Crippen LogP contribution in [0, 0.1) is 33.3 Å². The molecule has 1 aromatic rings. The highest BCUT2D eigenvalue weighted by atomic mass is 16.6. The number of carbonyl (C=O) groups excluding carboxylic acids is 2. The average Bonchev–Trinajstić information content (AvgIpc) is 2.64. The first-order valence-electron chi connectivity index (χ1n) is 9.93. The third kappa shape index (κ3) is 3.27. The van der Waals surface area contributed by atoms with Gasteiger partial charge in [-0.25, -0.2) is 4.79 Å². The summed E-state index contributed by atoms with van der Waals surface area (Å²) in [5.74, 6) is 1.28. The number of nitro benzene ring substituents is 1. The number of esters is 1. The number of benzene rings is 1. The van der Waals surface area contributed by atoms with Gasteiger partial charge in [0.25, 0.3) is 5.69 Å². The summed E-state index contributed by atoms with van der Waals surface area (Å²) in [6, 6.07) is 4.24. The first-order chi connectivity index (χ1) is 13.3. The van der Waals surface area contributed by atoms with E-state index in [1.165, 1.54) is 37.5 Å². The molecule has 0 aliphatic heterocycles. The summed E-state index contributed by atoms with van der Waals surface area (Å²) in [5, 5.41) is 11.3. The molecule has 4 fully saturated rings. The zero-order valence-electron chi connectivity index (χ0n) is 16.3. The fraction of sp³-hybridized carbons (Fsp3) is 0.619. The van der Waals surface area contributed by atoms with Crippen LogP contribution in [0.2, 0.25) is 0 Å². The van der Waals surface area contributed by atoms with Crippen LogP contribution >= 0.6 is 0 Å². The molecule has 4 bridgehead atoms. The highest BCUT2D eigenvalue weighted by molar-refractivity contribution is 5.94. The molecule has 0 atom stereocenters. The Hall–Kier alpha value is -2.44. The van der Waals surface area contributed by atoms with E-state index in [-0.39, 0.29) is 29.1 Å². The molecule has 7 heteroatoms. The number of nitro groups is 1. The Morgan fingerprint density at radius 1 is 1.14 bits per heavy atom. The minimum atomic E-state index is -0.688. The van der Waals surface area contributed by atoms with E-state index in [4.69, 9.17) is 4.74 Å². The molecule has 28 heavy (non-hydrogen) atoms. The molecular formula is C21H26N2O5. The van der Waals surface area contributed by atoms with Crippen LogP contribution in [-0.4, -0.2) is 37.4 Å². The van der Waals surface area contributed by atoms with Crippen molar-refractivity contribution in [2.45, 2.75) is 38.5 Å². The lowest BCUT2D eigenvalue weighted by atomic mass is 9.48. The van der Waals surface area contributed by atoms with Gasteiger partial charge in [-0.05, 0) is 68.4 Å². The Balaban J connectivity index is 1.44. The lowest BCUT2D eigenvalue weighted by molar-refractivity contribution is -0.384. The van der Waals surface area contributed by atoms with Gasteiger partial charge in [-0.1, -0.05) is 0 Å². The Bertz CT molecular complexity index is 797. The topological polar surface area (TPSA) is 89.8 Å². The first kappa shape index (κ1) is 18.9. The zero-order valence-corrected chi connectivity index (χ0v) is 16.3. The van der Waals surface area contributed by atoms with Gasteiger partial charge in [-0.3, -0.25) is 14.9 Å². The van der Waals surface area contributed by atoms with E-state index in [1.807, 2.05) is 0 Å². The second kappa shape index (κ2) is 6.87. The van der Waals surface area contributed by atoms with Crippen molar-refractivity contribution in [1.29, 1.82) is 0 Å². The first-order valence-corrected chi connectivity index (χ1v) is 9.93. The van der Waals surface area contributed by atoms with Crippen LogP contribution < -0.4 is 4.90 Å². The molecule has 0 heterocycles. The lowest BCUT2D eigenvalue weighted by Gasteiger charge is -2.55. The summed E-state index contributed by atoms with van der Waals surface area (Å²) < 4.78 is 5.29. The van der Waals surface area contributed by atoms with Gasteiger partial charge in [0.2, 0.25) is 0 Å². The van der Waals surface area contributed by atoms with Crippen molar-refractivity contribution in [2.75, 3.05) is 25.6 Å². The van der Waals surface area contributed by atoms with Crippen molar-refractivity contribution < 1.29 is 19.2 Å². The highest BCUT2D eigenvalue weighted by Crippen LogP contribution is 2.60. The summed E-state index contributed by atoms with van der Waals surface area (Å²) in [5.41, 5.74) is 0.0316. The molecule has 0 aromatic heterocycles. The molecule has 150 valence electrons. The smallest absolute Gasteiger partial charge is 0.338 e. The van der Waals surface area contributed by atoms with E-state index >= 15 is 0 Å². The number of ether oxygens (including phenoxy) is 1.